The van der Waals surface area contributed by atoms with E-state index in [0.717, 1.165) is 6.42 Å². The third-order valence-corrected chi connectivity index (χ3v) is 3.10. The number of rotatable bonds is 4. The zero-order chi connectivity index (χ0) is 12.4. The summed E-state index contributed by atoms with van der Waals surface area (Å²) in [6.07, 6.45) is 0.792. The monoisotopic (exact) mass is 301 g/mol. The lowest BCUT2D eigenvalue weighted by Gasteiger charge is -1.95. The predicted molar refractivity (Wildman–Crippen MR) is 60.6 cm³/mol. The van der Waals surface area contributed by atoms with E-state index in [9.17, 15) is 10.1 Å². The van der Waals surface area contributed by atoms with Crippen LogP contribution in [0.2, 0.25) is 0 Å². The molecule has 1 unspecified atom stereocenters. The largest absolute Gasteiger partial charge is 0.433 e. The first-order chi connectivity index (χ1) is 8.11. The van der Waals surface area contributed by atoms with E-state index in [1.165, 1.54) is 12.1 Å². The van der Waals surface area contributed by atoms with Crippen molar-refractivity contribution in [3.8, 4) is 11.6 Å². The summed E-state index contributed by atoms with van der Waals surface area (Å²) in [5.74, 6) is 0.479. The standard InChI is InChI=1S/C9H8BrN3O4/c1-2-5(10)9-11-8(12-17-9)6-3-4-7(16-6)13(14)15/h3-5H,2H2,1H3. The average Bonchev–Trinajstić information content (AvgIpc) is 2.95. The number of nitro groups is 1. The molecule has 0 radical (unpaired) electrons. The molecule has 0 amide bonds. The van der Waals surface area contributed by atoms with Crippen LogP contribution in [0.25, 0.3) is 11.6 Å². The van der Waals surface area contributed by atoms with Crippen molar-refractivity contribution in [2.24, 2.45) is 0 Å². The first kappa shape index (κ1) is 11.8. The highest BCUT2D eigenvalue weighted by molar-refractivity contribution is 9.09. The maximum atomic E-state index is 10.4. The third kappa shape index (κ3) is 2.36. The smallest absolute Gasteiger partial charge is 0.397 e. The number of nitrogens with zero attached hydrogens (tertiary/aromatic N) is 3. The molecule has 0 aliphatic rings. The van der Waals surface area contributed by atoms with Crippen LogP contribution in [-0.2, 0) is 0 Å². The van der Waals surface area contributed by atoms with Gasteiger partial charge in [0.05, 0.1) is 10.9 Å². The van der Waals surface area contributed by atoms with Gasteiger partial charge >= 0.3 is 5.88 Å². The highest BCUT2D eigenvalue weighted by Gasteiger charge is 2.19. The summed E-state index contributed by atoms with van der Waals surface area (Å²) in [6.45, 7) is 1.96. The van der Waals surface area contributed by atoms with Crippen molar-refractivity contribution in [2.45, 2.75) is 18.2 Å². The van der Waals surface area contributed by atoms with Gasteiger partial charge in [0.2, 0.25) is 11.7 Å². The van der Waals surface area contributed by atoms with Crippen molar-refractivity contribution in [1.82, 2.24) is 10.1 Å². The molecule has 0 aromatic carbocycles. The topological polar surface area (TPSA) is 95.2 Å². The fraction of sp³-hybridized carbons (Fsp3) is 0.333. The fourth-order valence-corrected chi connectivity index (χ4v) is 1.37. The molecule has 0 saturated heterocycles. The van der Waals surface area contributed by atoms with Crippen LogP contribution < -0.4 is 0 Å². The molecule has 7 nitrogen and oxygen atoms in total. The zero-order valence-electron chi connectivity index (χ0n) is 8.79. The molecule has 0 bridgehead atoms. The summed E-state index contributed by atoms with van der Waals surface area (Å²) in [4.78, 5) is 13.9. The molecule has 2 heterocycles. The second-order valence-corrected chi connectivity index (χ2v) is 4.33. The number of hydrogen-bond acceptors (Lipinski definition) is 6. The lowest BCUT2D eigenvalue weighted by Crippen LogP contribution is -1.87. The molecule has 2 aromatic rings. The molecule has 0 aliphatic carbocycles. The first-order valence-corrected chi connectivity index (χ1v) is 5.75. The van der Waals surface area contributed by atoms with E-state index in [1.807, 2.05) is 6.92 Å². The third-order valence-electron chi connectivity index (χ3n) is 2.06. The highest BCUT2D eigenvalue weighted by Crippen LogP contribution is 2.28. The van der Waals surface area contributed by atoms with Gasteiger partial charge in [0.15, 0.2) is 5.76 Å². The number of hydrogen-bond donors (Lipinski definition) is 0. The zero-order valence-corrected chi connectivity index (χ0v) is 10.4. The Kier molecular flexibility index (Phi) is 3.23. The van der Waals surface area contributed by atoms with Crippen molar-refractivity contribution < 1.29 is 13.9 Å². The molecule has 0 fully saturated rings. The SMILES string of the molecule is CCC(Br)c1nc(-c2ccc([N+](=O)[O-])o2)no1. The average molecular weight is 302 g/mol. The van der Waals surface area contributed by atoms with Crippen molar-refractivity contribution in [2.75, 3.05) is 0 Å². The van der Waals surface area contributed by atoms with E-state index in [0.29, 0.717) is 5.89 Å². The van der Waals surface area contributed by atoms with E-state index >= 15 is 0 Å². The Morgan fingerprint density at radius 2 is 2.35 bits per heavy atom. The van der Waals surface area contributed by atoms with Crippen molar-refractivity contribution in [3.05, 3.63) is 28.1 Å². The molecule has 8 heteroatoms. The van der Waals surface area contributed by atoms with Gasteiger partial charge in [-0.25, -0.2) is 0 Å². The molecule has 0 spiro atoms. The number of halogens is 1. The molecule has 0 aliphatic heterocycles. The summed E-state index contributed by atoms with van der Waals surface area (Å²) >= 11 is 3.36. The Morgan fingerprint density at radius 1 is 1.59 bits per heavy atom. The van der Waals surface area contributed by atoms with Gasteiger partial charge in [-0.3, -0.25) is 10.1 Å². The van der Waals surface area contributed by atoms with Crippen molar-refractivity contribution in [3.63, 3.8) is 0 Å². The van der Waals surface area contributed by atoms with Gasteiger partial charge in [-0.2, -0.15) is 4.98 Å². The summed E-state index contributed by atoms with van der Waals surface area (Å²) in [5.41, 5.74) is 0. The van der Waals surface area contributed by atoms with Gasteiger partial charge < -0.3 is 8.94 Å². The van der Waals surface area contributed by atoms with Crippen LogP contribution in [-0.4, -0.2) is 15.1 Å². The predicted octanol–water partition coefficient (Wildman–Crippen LogP) is 3.08. The fourth-order valence-electron chi connectivity index (χ4n) is 1.18. The number of furan rings is 1. The van der Waals surface area contributed by atoms with E-state index in [-0.39, 0.29) is 22.3 Å². The van der Waals surface area contributed by atoms with Crippen LogP contribution >= 0.6 is 15.9 Å². The second kappa shape index (κ2) is 4.66. The number of alkyl halides is 1. The summed E-state index contributed by atoms with van der Waals surface area (Å²) in [5, 5.41) is 14.1. The summed E-state index contributed by atoms with van der Waals surface area (Å²) < 4.78 is 9.96. The maximum absolute atomic E-state index is 10.4. The quantitative estimate of drug-likeness (QED) is 0.489. The molecule has 90 valence electrons. The summed E-state index contributed by atoms with van der Waals surface area (Å²) in [7, 11) is 0. The lowest BCUT2D eigenvalue weighted by atomic mass is 10.3. The normalized spacial score (nSPS) is 12.6. The van der Waals surface area contributed by atoms with Gasteiger partial charge in [0.1, 0.15) is 4.92 Å². The van der Waals surface area contributed by atoms with Gasteiger partial charge in [-0.15, -0.1) is 0 Å². The van der Waals surface area contributed by atoms with E-state index in [4.69, 9.17) is 8.94 Å². The highest BCUT2D eigenvalue weighted by atomic mass is 79.9. The second-order valence-electron chi connectivity index (χ2n) is 3.23. The van der Waals surface area contributed by atoms with Crippen LogP contribution in [0, 0.1) is 10.1 Å². The van der Waals surface area contributed by atoms with E-state index in [1.54, 1.807) is 0 Å². The van der Waals surface area contributed by atoms with Gasteiger partial charge in [0.25, 0.3) is 0 Å². The van der Waals surface area contributed by atoms with Crippen LogP contribution in [0.3, 0.4) is 0 Å². The minimum Gasteiger partial charge on any atom is -0.397 e. The molecule has 0 saturated carbocycles. The van der Waals surface area contributed by atoms with Crippen LogP contribution in [0.1, 0.15) is 24.1 Å². The Morgan fingerprint density at radius 3 is 2.94 bits per heavy atom. The van der Waals surface area contributed by atoms with Crippen LogP contribution in [0.4, 0.5) is 5.88 Å². The van der Waals surface area contributed by atoms with Crippen molar-refractivity contribution in [1.29, 1.82) is 0 Å². The Hall–Kier alpha value is -1.70. The van der Waals surface area contributed by atoms with E-state index < -0.39 is 4.92 Å². The molecule has 1 atom stereocenters. The molecule has 17 heavy (non-hydrogen) atoms. The number of aromatic nitrogens is 2. The molecular weight excluding hydrogens is 294 g/mol. The minimum atomic E-state index is -0.621. The van der Waals surface area contributed by atoms with Crippen molar-refractivity contribution >= 4 is 21.8 Å². The molecular formula is C9H8BrN3O4. The Bertz CT molecular complexity index is 536. The Balaban J connectivity index is 2.27. The molecule has 2 aromatic heterocycles. The van der Waals surface area contributed by atoms with Gasteiger partial charge in [-0.05, 0) is 12.5 Å². The lowest BCUT2D eigenvalue weighted by molar-refractivity contribution is -0.401. The molecule has 0 N–H and O–H groups in total. The maximum Gasteiger partial charge on any atom is 0.433 e. The van der Waals surface area contributed by atoms with E-state index in [2.05, 4.69) is 26.1 Å². The van der Waals surface area contributed by atoms with Crippen LogP contribution in [0.5, 0.6) is 0 Å². The Labute approximate surface area is 104 Å². The van der Waals surface area contributed by atoms with Gasteiger partial charge in [0, 0.05) is 0 Å². The van der Waals surface area contributed by atoms with Gasteiger partial charge in [-0.1, -0.05) is 28.0 Å². The minimum absolute atomic E-state index is 0.0336. The molecule has 2 rings (SSSR count). The first-order valence-electron chi connectivity index (χ1n) is 4.84. The summed E-state index contributed by atoms with van der Waals surface area (Å²) in [6, 6.07) is 2.68. The van der Waals surface area contributed by atoms with Crippen LogP contribution in [0.15, 0.2) is 21.1 Å².